The zero-order chi connectivity index (χ0) is 13.1. The van der Waals surface area contributed by atoms with Crippen LogP contribution in [0.5, 0.6) is 5.75 Å². The van der Waals surface area contributed by atoms with E-state index in [1.54, 1.807) is 13.2 Å². The molecule has 2 heteroatoms. The number of hydrogen-bond acceptors (Lipinski definition) is 1. The van der Waals surface area contributed by atoms with E-state index in [4.69, 9.17) is 4.74 Å². The molecule has 0 aliphatic rings. The summed E-state index contributed by atoms with van der Waals surface area (Å²) in [5.41, 5.74) is 2.55. The van der Waals surface area contributed by atoms with Crippen LogP contribution in [0.3, 0.4) is 0 Å². The molecule has 2 aromatic rings. The maximum atomic E-state index is 14.1. The number of halogens is 1. The smallest absolute Gasteiger partial charge is 0.131 e. The second-order valence-electron chi connectivity index (χ2n) is 4.59. The first kappa shape index (κ1) is 12.6. The number of rotatable bonds is 3. The molecule has 18 heavy (non-hydrogen) atoms. The topological polar surface area (TPSA) is 9.23 Å². The summed E-state index contributed by atoms with van der Waals surface area (Å²) in [6.45, 7) is 4.14. The maximum Gasteiger partial charge on any atom is 0.131 e. The Labute approximate surface area is 107 Å². The van der Waals surface area contributed by atoms with Crippen molar-refractivity contribution < 1.29 is 9.13 Å². The van der Waals surface area contributed by atoms with Crippen molar-refractivity contribution in [3.05, 3.63) is 53.8 Å². The number of methoxy groups -OCH3 is 1. The first-order valence-electron chi connectivity index (χ1n) is 6.06. The SMILES string of the molecule is COc1cccc(-c2c(F)cccc2C(C)C)c1. The third-order valence-corrected chi connectivity index (χ3v) is 3.03. The third-order valence-electron chi connectivity index (χ3n) is 3.03. The molecule has 0 heterocycles. The molecule has 0 aliphatic carbocycles. The van der Waals surface area contributed by atoms with E-state index in [2.05, 4.69) is 13.8 Å². The Balaban J connectivity index is 2.62. The Morgan fingerprint density at radius 3 is 2.44 bits per heavy atom. The summed E-state index contributed by atoms with van der Waals surface area (Å²) in [5, 5.41) is 0. The molecule has 0 bridgehead atoms. The fraction of sp³-hybridized carbons (Fsp3) is 0.250. The van der Waals surface area contributed by atoms with E-state index in [0.717, 1.165) is 16.9 Å². The lowest BCUT2D eigenvalue weighted by molar-refractivity contribution is 0.415. The average Bonchev–Trinajstić information content (AvgIpc) is 2.38. The molecule has 0 N–H and O–H groups in total. The van der Waals surface area contributed by atoms with Crippen LogP contribution in [0, 0.1) is 5.82 Å². The minimum absolute atomic E-state index is 0.186. The molecule has 0 fully saturated rings. The van der Waals surface area contributed by atoms with Crippen molar-refractivity contribution in [2.75, 3.05) is 7.11 Å². The van der Waals surface area contributed by atoms with Crippen LogP contribution < -0.4 is 4.74 Å². The normalized spacial score (nSPS) is 10.7. The Bertz CT molecular complexity index is 547. The Morgan fingerprint density at radius 1 is 1.06 bits per heavy atom. The van der Waals surface area contributed by atoms with Gasteiger partial charge in [-0.3, -0.25) is 0 Å². The lowest BCUT2D eigenvalue weighted by Crippen LogP contribution is -1.96. The van der Waals surface area contributed by atoms with Gasteiger partial charge in [0.2, 0.25) is 0 Å². The minimum atomic E-state index is -0.186. The Hall–Kier alpha value is -1.83. The highest BCUT2D eigenvalue weighted by molar-refractivity contribution is 5.70. The fourth-order valence-corrected chi connectivity index (χ4v) is 2.11. The van der Waals surface area contributed by atoms with E-state index in [1.807, 2.05) is 30.3 Å². The van der Waals surface area contributed by atoms with Crippen molar-refractivity contribution in [2.45, 2.75) is 19.8 Å². The molecule has 0 unspecified atom stereocenters. The lowest BCUT2D eigenvalue weighted by Gasteiger charge is -2.14. The average molecular weight is 244 g/mol. The van der Waals surface area contributed by atoms with Crippen molar-refractivity contribution in [1.82, 2.24) is 0 Å². The molecule has 0 atom stereocenters. The van der Waals surface area contributed by atoms with Gasteiger partial charge in [0.1, 0.15) is 11.6 Å². The summed E-state index contributed by atoms with van der Waals surface area (Å²) >= 11 is 0. The van der Waals surface area contributed by atoms with Crippen molar-refractivity contribution in [3.8, 4) is 16.9 Å². The van der Waals surface area contributed by atoms with Gasteiger partial charge in [-0.15, -0.1) is 0 Å². The first-order valence-corrected chi connectivity index (χ1v) is 6.06. The lowest BCUT2D eigenvalue weighted by atomic mass is 9.92. The molecular formula is C16H17FO. The summed E-state index contributed by atoms with van der Waals surface area (Å²) in [6.07, 6.45) is 0. The van der Waals surface area contributed by atoms with Gasteiger partial charge in [0.05, 0.1) is 7.11 Å². The number of hydrogen-bond donors (Lipinski definition) is 0. The van der Waals surface area contributed by atoms with Crippen LogP contribution in [0.25, 0.3) is 11.1 Å². The third kappa shape index (κ3) is 2.37. The molecule has 0 aliphatic heterocycles. The van der Waals surface area contributed by atoms with Crippen LogP contribution in [0.15, 0.2) is 42.5 Å². The molecule has 1 nitrogen and oxygen atoms in total. The first-order chi connectivity index (χ1) is 8.63. The zero-order valence-electron chi connectivity index (χ0n) is 10.9. The van der Waals surface area contributed by atoms with Gasteiger partial charge in [0, 0.05) is 5.56 Å². The predicted molar refractivity (Wildman–Crippen MR) is 72.5 cm³/mol. The molecule has 94 valence electrons. The second-order valence-corrected chi connectivity index (χ2v) is 4.59. The van der Waals surface area contributed by atoms with Crippen molar-refractivity contribution >= 4 is 0 Å². The van der Waals surface area contributed by atoms with Crippen LogP contribution in [0.2, 0.25) is 0 Å². The minimum Gasteiger partial charge on any atom is -0.497 e. The zero-order valence-corrected chi connectivity index (χ0v) is 10.9. The van der Waals surface area contributed by atoms with Gasteiger partial charge in [0.15, 0.2) is 0 Å². The van der Waals surface area contributed by atoms with E-state index < -0.39 is 0 Å². The fourth-order valence-electron chi connectivity index (χ4n) is 2.11. The van der Waals surface area contributed by atoms with Gasteiger partial charge < -0.3 is 4.74 Å². The van der Waals surface area contributed by atoms with Gasteiger partial charge in [-0.2, -0.15) is 0 Å². The van der Waals surface area contributed by atoms with Crippen LogP contribution in [0.1, 0.15) is 25.3 Å². The summed E-state index contributed by atoms with van der Waals surface area (Å²) in [6, 6.07) is 12.7. The van der Waals surface area contributed by atoms with Gasteiger partial charge >= 0.3 is 0 Å². The Kier molecular flexibility index (Phi) is 3.66. The largest absolute Gasteiger partial charge is 0.497 e. The second kappa shape index (κ2) is 5.21. The van der Waals surface area contributed by atoms with Crippen molar-refractivity contribution in [2.24, 2.45) is 0 Å². The molecule has 2 aromatic carbocycles. The van der Waals surface area contributed by atoms with Gasteiger partial charge in [-0.25, -0.2) is 4.39 Å². The molecule has 0 spiro atoms. The summed E-state index contributed by atoms with van der Waals surface area (Å²) in [5.74, 6) is 0.835. The van der Waals surface area contributed by atoms with E-state index in [-0.39, 0.29) is 11.7 Å². The van der Waals surface area contributed by atoms with Gasteiger partial charge in [-0.05, 0) is 35.2 Å². The highest BCUT2D eigenvalue weighted by Crippen LogP contribution is 2.33. The Morgan fingerprint density at radius 2 is 1.78 bits per heavy atom. The highest BCUT2D eigenvalue weighted by Gasteiger charge is 2.13. The molecule has 0 aromatic heterocycles. The molecule has 0 saturated heterocycles. The molecule has 2 rings (SSSR count). The maximum absolute atomic E-state index is 14.1. The summed E-state index contributed by atoms with van der Waals surface area (Å²) in [4.78, 5) is 0. The molecule has 0 radical (unpaired) electrons. The summed E-state index contributed by atoms with van der Waals surface area (Å²) < 4.78 is 19.3. The molecule has 0 saturated carbocycles. The summed E-state index contributed by atoms with van der Waals surface area (Å²) in [7, 11) is 1.61. The van der Waals surface area contributed by atoms with Crippen LogP contribution >= 0.6 is 0 Å². The number of ether oxygens (including phenoxy) is 1. The highest BCUT2D eigenvalue weighted by atomic mass is 19.1. The van der Waals surface area contributed by atoms with E-state index in [0.29, 0.717) is 5.56 Å². The van der Waals surface area contributed by atoms with Gasteiger partial charge in [0.25, 0.3) is 0 Å². The van der Waals surface area contributed by atoms with Crippen LogP contribution in [0.4, 0.5) is 4.39 Å². The van der Waals surface area contributed by atoms with Crippen LogP contribution in [-0.2, 0) is 0 Å². The van der Waals surface area contributed by atoms with E-state index in [9.17, 15) is 4.39 Å². The quantitative estimate of drug-likeness (QED) is 0.765. The molecule has 0 amide bonds. The van der Waals surface area contributed by atoms with Crippen LogP contribution in [-0.4, -0.2) is 7.11 Å². The van der Waals surface area contributed by atoms with Gasteiger partial charge in [-0.1, -0.05) is 38.1 Å². The van der Waals surface area contributed by atoms with Crippen molar-refractivity contribution in [1.29, 1.82) is 0 Å². The standard InChI is InChI=1S/C16H17FO/c1-11(2)14-8-5-9-15(17)16(14)12-6-4-7-13(10-12)18-3/h4-11H,1-3H3. The van der Waals surface area contributed by atoms with E-state index >= 15 is 0 Å². The van der Waals surface area contributed by atoms with Crippen molar-refractivity contribution in [3.63, 3.8) is 0 Å². The predicted octanol–water partition coefficient (Wildman–Crippen LogP) is 4.62. The number of benzene rings is 2. The van der Waals surface area contributed by atoms with E-state index in [1.165, 1.54) is 6.07 Å². The monoisotopic (exact) mass is 244 g/mol. The molecular weight excluding hydrogens is 227 g/mol.